The van der Waals surface area contributed by atoms with Crippen LogP contribution in [0.2, 0.25) is 0 Å². The maximum Gasteiger partial charge on any atom is 0.270 e. The Balaban J connectivity index is 1.66. The molecule has 3 aromatic rings. The average molecular weight is 443 g/mol. The molecule has 0 aliphatic carbocycles. The fourth-order valence-electron chi connectivity index (χ4n) is 3.92. The maximum atomic E-state index is 13.4. The molecule has 0 aromatic heterocycles. The van der Waals surface area contributed by atoms with Gasteiger partial charge in [-0.25, -0.2) is 4.90 Å². The van der Waals surface area contributed by atoms with Crippen LogP contribution in [0.4, 0.5) is 11.4 Å². The summed E-state index contributed by atoms with van der Waals surface area (Å²) >= 11 is 0. The van der Waals surface area contributed by atoms with Gasteiger partial charge in [0.15, 0.2) is 0 Å². The van der Waals surface area contributed by atoms with E-state index in [1.165, 1.54) is 29.2 Å². The molecule has 166 valence electrons. The van der Waals surface area contributed by atoms with Crippen molar-refractivity contribution in [1.29, 1.82) is 0 Å². The largest absolute Gasteiger partial charge is 0.326 e. The number of rotatable bonds is 7. The van der Waals surface area contributed by atoms with E-state index in [0.717, 1.165) is 10.5 Å². The summed E-state index contributed by atoms with van der Waals surface area (Å²) in [7, 11) is 0. The van der Waals surface area contributed by atoms with E-state index in [2.05, 4.69) is 0 Å². The van der Waals surface area contributed by atoms with Gasteiger partial charge in [0.25, 0.3) is 17.5 Å². The Hall–Kier alpha value is -4.33. The normalized spacial score (nSPS) is 15.5. The standard InChI is InChI=1S/C25H21N3O5/c29-23-17-22(25(31)27(23)20-11-5-2-6-12-20)26(15-14-18-8-3-1-4-9-18)24(30)19-10-7-13-21(16-19)28(32)33/h1-13,16,22H,14-15,17H2. The van der Waals surface area contributed by atoms with Gasteiger partial charge in [-0.05, 0) is 30.2 Å². The van der Waals surface area contributed by atoms with Crippen molar-refractivity contribution in [2.75, 3.05) is 11.4 Å². The summed E-state index contributed by atoms with van der Waals surface area (Å²) in [5, 5.41) is 11.2. The van der Waals surface area contributed by atoms with E-state index in [4.69, 9.17) is 0 Å². The lowest BCUT2D eigenvalue weighted by molar-refractivity contribution is -0.384. The highest BCUT2D eigenvalue weighted by molar-refractivity contribution is 6.23. The molecule has 1 saturated heterocycles. The number of benzene rings is 3. The summed E-state index contributed by atoms with van der Waals surface area (Å²) in [5.41, 5.74) is 1.28. The molecular formula is C25H21N3O5. The number of carbonyl (C=O) groups excluding carboxylic acids is 3. The number of anilines is 1. The predicted molar refractivity (Wildman–Crippen MR) is 122 cm³/mol. The number of nitrogens with zero attached hydrogens (tertiary/aromatic N) is 3. The van der Waals surface area contributed by atoms with Crippen LogP contribution < -0.4 is 4.90 Å². The van der Waals surface area contributed by atoms with E-state index < -0.39 is 28.7 Å². The smallest absolute Gasteiger partial charge is 0.270 e. The molecule has 8 heteroatoms. The number of non-ortho nitro benzene ring substituents is 1. The van der Waals surface area contributed by atoms with Gasteiger partial charge in [-0.2, -0.15) is 0 Å². The zero-order chi connectivity index (χ0) is 23.4. The molecule has 3 amide bonds. The van der Waals surface area contributed by atoms with Crippen molar-refractivity contribution in [3.8, 4) is 0 Å². The highest BCUT2D eigenvalue weighted by Crippen LogP contribution is 2.27. The average Bonchev–Trinajstić information content (AvgIpc) is 3.13. The summed E-state index contributed by atoms with van der Waals surface area (Å²) in [5.74, 6) is -1.42. The van der Waals surface area contributed by atoms with Crippen LogP contribution in [-0.4, -0.2) is 40.1 Å². The van der Waals surface area contributed by atoms with Crippen LogP contribution in [0.3, 0.4) is 0 Å². The first-order valence-electron chi connectivity index (χ1n) is 10.5. The number of hydrogen-bond acceptors (Lipinski definition) is 5. The number of amides is 3. The number of imide groups is 1. The molecular weight excluding hydrogens is 422 g/mol. The van der Waals surface area contributed by atoms with Gasteiger partial charge >= 0.3 is 0 Å². The first kappa shape index (κ1) is 21.9. The number of hydrogen-bond donors (Lipinski definition) is 0. The van der Waals surface area contributed by atoms with Crippen molar-refractivity contribution in [2.24, 2.45) is 0 Å². The van der Waals surface area contributed by atoms with Gasteiger partial charge in [0.1, 0.15) is 6.04 Å². The molecule has 1 aliphatic rings. The molecule has 1 heterocycles. The van der Waals surface area contributed by atoms with E-state index in [-0.39, 0.29) is 24.2 Å². The molecule has 0 radical (unpaired) electrons. The van der Waals surface area contributed by atoms with Crippen LogP contribution in [0.25, 0.3) is 0 Å². The van der Waals surface area contributed by atoms with Crippen LogP contribution in [0, 0.1) is 10.1 Å². The van der Waals surface area contributed by atoms with Crippen molar-refractivity contribution in [3.63, 3.8) is 0 Å². The van der Waals surface area contributed by atoms with Crippen molar-refractivity contribution < 1.29 is 19.3 Å². The number of para-hydroxylation sites is 1. The zero-order valence-corrected chi connectivity index (χ0v) is 17.7. The van der Waals surface area contributed by atoms with Crippen molar-refractivity contribution in [2.45, 2.75) is 18.9 Å². The summed E-state index contributed by atoms with van der Waals surface area (Å²) < 4.78 is 0. The van der Waals surface area contributed by atoms with Crippen molar-refractivity contribution >= 4 is 29.1 Å². The minimum atomic E-state index is -0.992. The van der Waals surface area contributed by atoms with Gasteiger partial charge in [-0.1, -0.05) is 54.6 Å². The SMILES string of the molecule is O=C1CC(N(CCc2ccccc2)C(=O)c2cccc([N+](=O)[O-])c2)C(=O)N1c1ccccc1. The fourth-order valence-corrected chi connectivity index (χ4v) is 3.92. The number of nitro groups is 1. The molecule has 3 aromatic carbocycles. The Kier molecular flexibility index (Phi) is 6.26. The molecule has 1 atom stereocenters. The molecule has 0 saturated carbocycles. The van der Waals surface area contributed by atoms with Gasteiger partial charge in [0, 0.05) is 24.2 Å². The molecule has 8 nitrogen and oxygen atoms in total. The minimum absolute atomic E-state index is 0.0932. The van der Waals surface area contributed by atoms with Gasteiger partial charge in [-0.3, -0.25) is 24.5 Å². The lowest BCUT2D eigenvalue weighted by Crippen LogP contribution is -2.46. The molecule has 1 fully saturated rings. The summed E-state index contributed by atoms with van der Waals surface area (Å²) in [6, 6.07) is 22.4. The molecule has 33 heavy (non-hydrogen) atoms. The highest BCUT2D eigenvalue weighted by atomic mass is 16.6. The lowest BCUT2D eigenvalue weighted by atomic mass is 10.1. The Labute approximate surface area is 190 Å². The van der Waals surface area contributed by atoms with Crippen LogP contribution in [-0.2, 0) is 16.0 Å². The van der Waals surface area contributed by atoms with E-state index in [0.29, 0.717) is 12.1 Å². The molecule has 0 N–H and O–H groups in total. The quantitative estimate of drug-likeness (QED) is 0.315. The fraction of sp³-hybridized carbons (Fsp3) is 0.160. The topological polar surface area (TPSA) is 101 Å². The van der Waals surface area contributed by atoms with Crippen LogP contribution in [0.1, 0.15) is 22.3 Å². The third-order valence-electron chi connectivity index (χ3n) is 5.56. The van der Waals surface area contributed by atoms with Gasteiger partial charge < -0.3 is 4.90 Å². The van der Waals surface area contributed by atoms with E-state index in [9.17, 15) is 24.5 Å². The minimum Gasteiger partial charge on any atom is -0.326 e. The van der Waals surface area contributed by atoms with Gasteiger partial charge in [0.2, 0.25) is 5.91 Å². The first-order chi connectivity index (χ1) is 16.0. The highest BCUT2D eigenvalue weighted by Gasteiger charge is 2.44. The Bertz CT molecular complexity index is 1200. The van der Waals surface area contributed by atoms with E-state index in [1.54, 1.807) is 30.3 Å². The first-order valence-corrected chi connectivity index (χ1v) is 10.5. The molecule has 1 unspecified atom stereocenters. The van der Waals surface area contributed by atoms with Gasteiger partial charge in [-0.15, -0.1) is 0 Å². The van der Waals surface area contributed by atoms with Crippen LogP contribution in [0.15, 0.2) is 84.9 Å². The van der Waals surface area contributed by atoms with E-state index >= 15 is 0 Å². The zero-order valence-electron chi connectivity index (χ0n) is 17.7. The summed E-state index contributed by atoms with van der Waals surface area (Å²) in [6.07, 6.45) is 0.313. The molecule has 0 bridgehead atoms. The number of carbonyl (C=O) groups is 3. The van der Waals surface area contributed by atoms with Crippen LogP contribution >= 0.6 is 0 Å². The molecule has 1 aliphatic heterocycles. The Morgan fingerprint density at radius 1 is 0.970 bits per heavy atom. The monoisotopic (exact) mass is 443 g/mol. The van der Waals surface area contributed by atoms with E-state index in [1.807, 2.05) is 30.3 Å². The van der Waals surface area contributed by atoms with Crippen LogP contribution in [0.5, 0.6) is 0 Å². The van der Waals surface area contributed by atoms with Gasteiger partial charge in [0.05, 0.1) is 17.0 Å². The Morgan fingerprint density at radius 3 is 2.30 bits per heavy atom. The van der Waals surface area contributed by atoms with Crippen molar-refractivity contribution in [1.82, 2.24) is 4.90 Å². The third-order valence-corrected chi connectivity index (χ3v) is 5.56. The summed E-state index contributed by atoms with van der Waals surface area (Å²) in [4.78, 5) is 52.5. The lowest BCUT2D eigenvalue weighted by Gasteiger charge is -2.28. The van der Waals surface area contributed by atoms with Crippen molar-refractivity contribution in [3.05, 3.63) is 106 Å². The summed E-state index contributed by atoms with van der Waals surface area (Å²) in [6.45, 7) is 0.178. The number of nitro benzene ring substituents is 1. The molecule has 0 spiro atoms. The second-order valence-corrected chi connectivity index (χ2v) is 7.66. The Morgan fingerprint density at radius 2 is 1.64 bits per heavy atom. The maximum absolute atomic E-state index is 13.4. The second-order valence-electron chi connectivity index (χ2n) is 7.66. The molecule has 4 rings (SSSR count). The predicted octanol–water partition coefficient (Wildman–Crippen LogP) is 3.61. The third kappa shape index (κ3) is 4.64. The second kappa shape index (κ2) is 9.44.